The summed E-state index contributed by atoms with van der Waals surface area (Å²) in [7, 11) is 0. The molecule has 0 aromatic carbocycles. The van der Waals surface area contributed by atoms with Crippen LogP contribution in [0.3, 0.4) is 0 Å². The van der Waals surface area contributed by atoms with Gasteiger partial charge in [-0.1, -0.05) is 6.92 Å². The standard InChI is InChI=1S/C13H19IN2OS/c1-10(8-16-4-2-3-5-16)7-15-13(17)11-6-12(14)18-9-11/h6,9-10H,2-5,7-8H2,1H3,(H,15,17). The molecule has 1 aliphatic rings. The lowest BCUT2D eigenvalue weighted by atomic mass is 10.1. The van der Waals surface area contributed by atoms with Gasteiger partial charge in [-0.25, -0.2) is 0 Å². The Morgan fingerprint density at radius 2 is 2.28 bits per heavy atom. The van der Waals surface area contributed by atoms with Gasteiger partial charge in [-0.05, 0) is 60.5 Å². The molecule has 0 saturated carbocycles. The van der Waals surface area contributed by atoms with Gasteiger partial charge in [0.1, 0.15) is 0 Å². The third kappa shape index (κ3) is 4.20. The van der Waals surface area contributed by atoms with E-state index in [1.54, 1.807) is 11.3 Å². The van der Waals surface area contributed by atoms with Gasteiger partial charge >= 0.3 is 0 Å². The quantitative estimate of drug-likeness (QED) is 0.800. The molecule has 1 unspecified atom stereocenters. The molecule has 1 N–H and O–H groups in total. The summed E-state index contributed by atoms with van der Waals surface area (Å²) in [5, 5.41) is 4.94. The molecule has 1 atom stereocenters. The van der Waals surface area contributed by atoms with Crippen molar-refractivity contribution < 1.29 is 4.79 Å². The minimum absolute atomic E-state index is 0.0578. The Labute approximate surface area is 126 Å². The monoisotopic (exact) mass is 378 g/mol. The number of hydrogen-bond donors (Lipinski definition) is 1. The Balaban J connectivity index is 1.71. The molecule has 2 rings (SSSR count). The van der Waals surface area contributed by atoms with Crippen LogP contribution in [0.1, 0.15) is 30.1 Å². The number of carbonyl (C=O) groups excluding carboxylic acids is 1. The first-order valence-corrected chi connectivity index (χ1v) is 8.35. The minimum Gasteiger partial charge on any atom is -0.352 e. The van der Waals surface area contributed by atoms with Crippen LogP contribution in [0.5, 0.6) is 0 Å². The first-order valence-electron chi connectivity index (χ1n) is 6.40. The van der Waals surface area contributed by atoms with Crippen LogP contribution >= 0.6 is 33.9 Å². The topological polar surface area (TPSA) is 32.3 Å². The van der Waals surface area contributed by atoms with Crippen LogP contribution in [-0.4, -0.2) is 37.0 Å². The van der Waals surface area contributed by atoms with Crippen LogP contribution in [0.4, 0.5) is 0 Å². The van der Waals surface area contributed by atoms with E-state index >= 15 is 0 Å². The second kappa shape index (κ2) is 6.86. The molecule has 0 aliphatic carbocycles. The van der Waals surface area contributed by atoms with E-state index in [2.05, 4.69) is 39.7 Å². The fourth-order valence-corrected chi connectivity index (χ4v) is 3.60. The zero-order valence-corrected chi connectivity index (χ0v) is 13.6. The second-order valence-corrected chi connectivity index (χ2v) is 7.77. The summed E-state index contributed by atoms with van der Waals surface area (Å²) >= 11 is 3.85. The summed E-state index contributed by atoms with van der Waals surface area (Å²) < 4.78 is 1.16. The predicted molar refractivity (Wildman–Crippen MR) is 84.2 cm³/mol. The SMILES string of the molecule is CC(CNC(=O)c1csc(I)c1)CN1CCCC1. The van der Waals surface area contributed by atoms with Crippen LogP contribution < -0.4 is 5.32 Å². The third-order valence-corrected chi connectivity index (χ3v) is 5.00. The maximum atomic E-state index is 11.9. The molecule has 1 amide bonds. The van der Waals surface area contributed by atoms with Crippen molar-refractivity contribution in [2.75, 3.05) is 26.2 Å². The smallest absolute Gasteiger partial charge is 0.252 e. The molecule has 0 bridgehead atoms. The molecular weight excluding hydrogens is 359 g/mol. The van der Waals surface area contributed by atoms with Gasteiger partial charge in [0.05, 0.1) is 8.45 Å². The maximum absolute atomic E-state index is 11.9. The summed E-state index contributed by atoms with van der Waals surface area (Å²) in [5.74, 6) is 0.576. The molecule has 1 aromatic heterocycles. The molecular formula is C13H19IN2OS. The van der Waals surface area contributed by atoms with E-state index in [0.717, 1.165) is 21.5 Å². The van der Waals surface area contributed by atoms with Crippen LogP contribution in [-0.2, 0) is 0 Å². The van der Waals surface area contributed by atoms with Gasteiger partial charge in [0.15, 0.2) is 0 Å². The van der Waals surface area contributed by atoms with E-state index in [1.807, 2.05) is 11.4 Å². The Morgan fingerprint density at radius 1 is 1.56 bits per heavy atom. The van der Waals surface area contributed by atoms with E-state index in [-0.39, 0.29) is 5.91 Å². The highest BCUT2D eigenvalue weighted by Gasteiger charge is 2.15. The zero-order valence-electron chi connectivity index (χ0n) is 10.6. The van der Waals surface area contributed by atoms with Crippen molar-refractivity contribution in [3.05, 3.63) is 19.9 Å². The Hall–Kier alpha value is -0.140. The number of carbonyl (C=O) groups is 1. The fourth-order valence-electron chi connectivity index (χ4n) is 2.27. The van der Waals surface area contributed by atoms with Gasteiger partial charge in [-0.3, -0.25) is 4.79 Å². The zero-order chi connectivity index (χ0) is 13.0. The average molecular weight is 378 g/mol. The van der Waals surface area contributed by atoms with Crippen LogP contribution in [0.2, 0.25) is 0 Å². The van der Waals surface area contributed by atoms with Crippen molar-refractivity contribution >= 4 is 39.8 Å². The van der Waals surface area contributed by atoms with Gasteiger partial charge in [0.2, 0.25) is 0 Å². The minimum atomic E-state index is 0.0578. The molecule has 1 aliphatic heterocycles. The van der Waals surface area contributed by atoms with Crippen molar-refractivity contribution in [1.82, 2.24) is 10.2 Å². The van der Waals surface area contributed by atoms with Gasteiger partial charge in [-0.2, -0.15) is 0 Å². The number of halogens is 1. The lowest BCUT2D eigenvalue weighted by Gasteiger charge is -2.20. The summed E-state index contributed by atoms with van der Waals surface area (Å²) in [5.41, 5.74) is 0.790. The number of thiophene rings is 1. The van der Waals surface area contributed by atoms with Crippen molar-refractivity contribution in [2.24, 2.45) is 5.92 Å². The Kier molecular flexibility index (Phi) is 5.44. The van der Waals surface area contributed by atoms with Crippen LogP contribution in [0, 0.1) is 8.80 Å². The number of hydrogen-bond acceptors (Lipinski definition) is 3. The largest absolute Gasteiger partial charge is 0.352 e. The molecule has 1 saturated heterocycles. The first-order chi connectivity index (χ1) is 8.65. The van der Waals surface area contributed by atoms with E-state index in [4.69, 9.17) is 0 Å². The molecule has 2 heterocycles. The number of nitrogens with zero attached hydrogens (tertiary/aromatic N) is 1. The summed E-state index contributed by atoms with van der Waals surface area (Å²) in [6.45, 7) is 6.52. The van der Waals surface area contributed by atoms with E-state index < -0.39 is 0 Å². The molecule has 3 nitrogen and oxygen atoms in total. The highest BCUT2D eigenvalue weighted by Crippen LogP contribution is 2.16. The van der Waals surface area contributed by atoms with Gasteiger partial charge in [0.25, 0.3) is 5.91 Å². The van der Waals surface area contributed by atoms with Crippen LogP contribution in [0.15, 0.2) is 11.4 Å². The molecule has 100 valence electrons. The molecule has 0 spiro atoms. The van der Waals surface area contributed by atoms with Crippen molar-refractivity contribution in [1.29, 1.82) is 0 Å². The van der Waals surface area contributed by atoms with E-state index in [9.17, 15) is 4.79 Å². The molecule has 5 heteroatoms. The van der Waals surface area contributed by atoms with Crippen molar-refractivity contribution in [3.8, 4) is 0 Å². The maximum Gasteiger partial charge on any atom is 0.252 e. The lowest BCUT2D eigenvalue weighted by Crippen LogP contribution is -2.34. The number of likely N-dealkylation sites (tertiary alicyclic amines) is 1. The fraction of sp³-hybridized carbons (Fsp3) is 0.615. The van der Waals surface area contributed by atoms with E-state index in [1.165, 1.54) is 25.9 Å². The van der Waals surface area contributed by atoms with Crippen molar-refractivity contribution in [3.63, 3.8) is 0 Å². The number of amides is 1. The molecule has 18 heavy (non-hydrogen) atoms. The molecule has 0 radical (unpaired) electrons. The first kappa shape index (κ1) is 14.3. The molecule has 1 aromatic rings. The average Bonchev–Trinajstić information content (AvgIpc) is 2.97. The summed E-state index contributed by atoms with van der Waals surface area (Å²) in [6.07, 6.45) is 2.65. The Morgan fingerprint density at radius 3 is 2.89 bits per heavy atom. The van der Waals surface area contributed by atoms with Gasteiger partial charge in [0, 0.05) is 18.5 Å². The summed E-state index contributed by atoms with van der Waals surface area (Å²) in [4.78, 5) is 14.4. The third-order valence-electron chi connectivity index (χ3n) is 3.21. The Bertz CT molecular complexity index is 401. The van der Waals surface area contributed by atoms with Gasteiger partial charge < -0.3 is 10.2 Å². The second-order valence-electron chi connectivity index (χ2n) is 4.96. The van der Waals surface area contributed by atoms with Gasteiger partial charge in [-0.15, -0.1) is 11.3 Å². The van der Waals surface area contributed by atoms with Crippen LogP contribution in [0.25, 0.3) is 0 Å². The highest BCUT2D eigenvalue weighted by molar-refractivity contribution is 14.1. The highest BCUT2D eigenvalue weighted by atomic mass is 127. The number of nitrogens with one attached hydrogen (secondary N) is 1. The van der Waals surface area contributed by atoms with Crippen molar-refractivity contribution in [2.45, 2.75) is 19.8 Å². The lowest BCUT2D eigenvalue weighted by molar-refractivity contribution is 0.0945. The normalized spacial score (nSPS) is 17.9. The molecule has 1 fully saturated rings. The number of rotatable bonds is 5. The van der Waals surface area contributed by atoms with E-state index in [0.29, 0.717) is 5.92 Å². The summed E-state index contributed by atoms with van der Waals surface area (Å²) in [6, 6.07) is 1.94. The predicted octanol–water partition coefficient (Wildman–Crippen LogP) is 2.81.